The highest BCUT2D eigenvalue weighted by Gasteiger charge is 2.33. The van der Waals surface area contributed by atoms with Crippen LogP contribution in [0.2, 0.25) is 5.02 Å². The van der Waals surface area contributed by atoms with E-state index in [1.54, 1.807) is 68.8 Å². The van der Waals surface area contributed by atoms with Gasteiger partial charge in [0, 0.05) is 18.3 Å². The molecule has 0 N–H and O–H groups in total. The molecule has 0 fully saturated rings. The number of amides is 1. The Morgan fingerprint density at radius 3 is 2.44 bits per heavy atom. The van der Waals surface area contributed by atoms with Gasteiger partial charge in [0.1, 0.15) is 11.5 Å². The number of nitrogens with zero attached hydrogens (tertiary/aromatic N) is 2. The number of ketones is 1. The van der Waals surface area contributed by atoms with Gasteiger partial charge in [0.2, 0.25) is 0 Å². The van der Waals surface area contributed by atoms with Crippen LogP contribution in [0.15, 0.2) is 47.1 Å². The van der Waals surface area contributed by atoms with Crippen molar-refractivity contribution in [3.05, 3.63) is 81.5 Å². The van der Waals surface area contributed by atoms with E-state index < -0.39 is 17.9 Å². The molecule has 0 saturated heterocycles. The maximum atomic E-state index is 13.6. The molecule has 0 bridgehead atoms. The van der Waals surface area contributed by atoms with Crippen molar-refractivity contribution in [3.8, 4) is 0 Å². The second-order valence-corrected chi connectivity index (χ2v) is 7.92. The van der Waals surface area contributed by atoms with Crippen LogP contribution >= 0.6 is 11.6 Å². The summed E-state index contributed by atoms with van der Waals surface area (Å²) in [6.45, 7) is 5.20. The molecule has 0 aliphatic carbocycles. The molecule has 2 heterocycles. The minimum atomic E-state index is -0.853. The van der Waals surface area contributed by atoms with Crippen LogP contribution in [0, 0.1) is 13.8 Å². The Bertz CT molecular complexity index is 1160. The first-order valence-corrected chi connectivity index (χ1v) is 10.4. The average molecular weight is 457 g/mol. The number of esters is 1. The molecular formula is C24H25ClN2O5. The van der Waals surface area contributed by atoms with Crippen molar-refractivity contribution < 1.29 is 23.5 Å². The number of carbonyl (C=O) groups excluding carboxylic acids is 3. The van der Waals surface area contributed by atoms with Crippen LogP contribution in [-0.4, -0.2) is 40.3 Å². The van der Waals surface area contributed by atoms with Crippen molar-refractivity contribution in [2.75, 3.05) is 7.11 Å². The van der Waals surface area contributed by atoms with E-state index in [2.05, 4.69) is 0 Å². The number of rotatable bonds is 7. The Morgan fingerprint density at radius 2 is 1.84 bits per heavy atom. The molecule has 7 nitrogen and oxygen atoms in total. The molecule has 1 aromatic carbocycles. The quantitative estimate of drug-likeness (QED) is 0.383. The number of hydrogen-bond acceptors (Lipinski definition) is 5. The lowest BCUT2D eigenvalue weighted by Gasteiger charge is -2.28. The standard InChI is InChI=1S/C24H25ClN2O5/c1-14-20(15(2)26(4)21(14)24(30)31-5)22(28)16(3)27(13-17-9-8-12-32-17)23(29)18-10-6-7-11-19(18)25/h6-12,16H,13H2,1-5H3/t16-/m0/s1. The van der Waals surface area contributed by atoms with Gasteiger partial charge in [-0.2, -0.15) is 0 Å². The number of hydrogen-bond donors (Lipinski definition) is 0. The lowest BCUT2D eigenvalue weighted by atomic mass is 9.99. The number of ether oxygens (including phenoxy) is 1. The minimum Gasteiger partial charge on any atom is -0.467 e. The zero-order valence-electron chi connectivity index (χ0n) is 18.6. The van der Waals surface area contributed by atoms with Crippen molar-refractivity contribution in [3.63, 3.8) is 0 Å². The first-order chi connectivity index (χ1) is 15.2. The van der Waals surface area contributed by atoms with Gasteiger partial charge in [0.25, 0.3) is 5.91 Å². The van der Waals surface area contributed by atoms with Crippen LogP contribution in [0.5, 0.6) is 0 Å². The molecule has 0 unspecified atom stereocenters. The summed E-state index contributed by atoms with van der Waals surface area (Å²) in [7, 11) is 2.99. The van der Waals surface area contributed by atoms with Gasteiger partial charge in [-0.1, -0.05) is 23.7 Å². The Hall–Kier alpha value is -3.32. The number of furan rings is 1. The summed E-state index contributed by atoms with van der Waals surface area (Å²) in [5.41, 5.74) is 2.10. The van der Waals surface area contributed by atoms with E-state index in [9.17, 15) is 14.4 Å². The van der Waals surface area contributed by atoms with Gasteiger partial charge < -0.3 is 18.6 Å². The molecule has 0 aliphatic heterocycles. The molecule has 1 amide bonds. The van der Waals surface area contributed by atoms with Gasteiger partial charge in [-0.25, -0.2) is 4.79 Å². The second-order valence-electron chi connectivity index (χ2n) is 7.52. The maximum absolute atomic E-state index is 13.6. The SMILES string of the molecule is COC(=O)c1c(C)c(C(=O)[C@H](C)N(Cc2ccco2)C(=O)c2ccccc2Cl)c(C)n1C. The van der Waals surface area contributed by atoms with Crippen molar-refractivity contribution in [2.24, 2.45) is 7.05 Å². The van der Waals surface area contributed by atoms with Crippen molar-refractivity contribution >= 4 is 29.3 Å². The smallest absolute Gasteiger partial charge is 0.354 e. The first-order valence-electron chi connectivity index (χ1n) is 10.0. The van der Waals surface area contributed by atoms with Gasteiger partial charge in [-0.3, -0.25) is 9.59 Å². The maximum Gasteiger partial charge on any atom is 0.354 e. The summed E-state index contributed by atoms with van der Waals surface area (Å²) in [5.74, 6) is -0.689. The number of aromatic nitrogens is 1. The van der Waals surface area contributed by atoms with Gasteiger partial charge in [0.15, 0.2) is 5.78 Å². The molecule has 0 radical (unpaired) electrons. The van der Waals surface area contributed by atoms with Crippen LogP contribution in [0.3, 0.4) is 0 Å². The Labute approximate surface area is 191 Å². The highest BCUT2D eigenvalue weighted by atomic mass is 35.5. The fourth-order valence-corrected chi connectivity index (χ4v) is 4.04. The monoisotopic (exact) mass is 456 g/mol. The third-order valence-electron chi connectivity index (χ3n) is 5.67. The molecule has 3 rings (SSSR count). The van der Waals surface area contributed by atoms with E-state index in [1.807, 2.05) is 0 Å². The summed E-state index contributed by atoms with van der Waals surface area (Å²) in [5, 5.41) is 0.293. The number of Topliss-reactive ketones (excluding diaryl/α,β-unsaturated/α-hetero) is 1. The zero-order valence-corrected chi connectivity index (χ0v) is 19.4. The third kappa shape index (κ3) is 4.21. The summed E-state index contributed by atoms with van der Waals surface area (Å²) in [6.07, 6.45) is 1.51. The van der Waals surface area contributed by atoms with E-state index in [0.29, 0.717) is 33.3 Å². The van der Waals surface area contributed by atoms with Gasteiger partial charge in [-0.15, -0.1) is 0 Å². The molecule has 1 atom stereocenters. The van der Waals surface area contributed by atoms with E-state index >= 15 is 0 Å². The molecule has 0 saturated carbocycles. The van der Waals surface area contributed by atoms with Crippen LogP contribution in [-0.2, 0) is 18.3 Å². The average Bonchev–Trinajstić information content (AvgIpc) is 3.37. The van der Waals surface area contributed by atoms with Crippen LogP contribution in [0.25, 0.3) is 0 Å². The highest BCUT2D eigenvalue weighted by Crippen LogP contribution is 2.27. The van der Waals surface area contributed by atoms with Crippen molar-refractivity contribution in [2.45, 2.75) is 33.4 Å². The van der Waals surface area contributed by atoms with E-state index in [1.165, 1.54) is 18.3 Å². The lowest BCUT2D eigenvalue weighted by Crippen LogP contribution is -2.43. The summed E-state index contributed by atoms with van der Waals surface area (Å²) < 4.78 is 11.9. The summed E-state index contributed by atoms with van der Waals surface area (Å²) >= 11 is 6.26. The van der Waals surface area contributed by atoms with E-state index in [-0.39, 0.29) is 17.9 Å². The minimum absolute atomic E-state index is 0.0821. The van der Waals surface area contributed by atoms with Gasteiger partial charge in [0.05, 0.1) is 36.5 Å². The van der Waals surface area contributed by atoms with Crippen LogP contribution in [0.1, 0.15) is 55.1 Å². The fraction of sp³-hybridized carbons (Fsp3) is 0.292. The van der Waals surface area contributed by atoms with Crippen molar-refractivity contribution in [1.82, 2.24) is 9.47 Å². The molecule has 32 heavy (non-hydrogen) atoms. The topological polar surface area (TPSA) is 81.8 Å². The lowest BCUT2D eigenvalue weighted by molar-refractivity contribution is 0.0586. The third-order valence-corrected chi connectivity index (χ3v) is 6.00. The molecule has 3 aromatic rings. The Balaban J connectivity index is 2.04. The predicted octanol–water partition coefficient (Wildman–Crippen LogP) is 4.59. The number of halogens is 1. The predicted molar refractivity (Wildman–Crippen MR) is 120 cm³/mol. The number of methoxy groups -OCH3 is 1. The van der Waals surface area contributed by atoms with Crippen molar-refractivity contribution in [1.29, 1.82) is 0 Å². The molecule has 168 valence electrons. The number of carbonyl (C=O) groups is 3. The van der Waals surface area contributed by atoms with Crippen LogP contribution < -0.4 is 0 Å². The summed E-state index contributed by atoms with van der Waals surface area (Å²) in [4.78, 5) is 40.7. The normalized spacial score (nSPS) is 11.8. The molecule has 8 heteroatoms. The molecular weight excluding hydrogens is 432 g/mol. The molecule has 0 spiro atoms. The molecule has 2 aromatic heterocycles. The van der Waals surface area contributed by atoms with Gasteiger partial charge >= 0.3 is 5.97 Å². The van der Waals surface area contributed by atoms with E-state index in [0.717, 1.165) is 0 Å². The van der Waals surface area contributed by atoms with Gasteiger partial charge in [-0.05, 0) is 50.6 Å². The number of benzene rings is 1. The fourth-order valence-electron chi connectivity index (χ4n) is 3.82. The summed E-state index contributed by atoms with van der Waals surface area (Å²) in [6, 6.07) is 9.29. The Kier molecular flexibility index (Phi) is 6.89. The second kappa shape index (κ2) is 9.44. The molecule has 0 aliphatic rings. The Morgan fingerprint density at radius 1 is 1.16 bits per heavy atom. The largest absolute Gasteiger partial charge is 0.467 e. The highest BCUT2D eigenvalue weighted by molar-refractivity contribution is 6.33. The zero-order chi connectivity index (χ0) is 23.6. The first kappa shape index (κ1) is 23.3. The van der Waals surface area contributed by atoms with Crippen LogP contribution in [0.4, 0.5) is 0 Å². The van der Waals surface area contributed by atoms with E-state index in [4.69, 9.17) is 20.8 Å².